The summed E-state index contributed by atoms with van der Waals surface area (Å²) in [6.07, 6.45) is 2.27. The zero-order valence-corrected chi connectivity index (χ0v) is 9.31. The normalized spacial score (nSPS) is 13.0. The Balaban J connectivity index is 2.09. The van der Waals surface area contributed by atoms with Crippen molar-refractivity contribution in [1.82, 2.24) is 15.1 Å². The molecule has 0 radical (unpaired) electrons. The predicted octanol–water partition coefficient (Wildman–Crippen LogP) is -0.440. The van der Waals surface area contributed by atoms with Crippen molar-refractivity contribution in [2.75, 3.05) is 26.8 Å². The third kappa shape index (κ3) is 4.42. The summed E-state index contributed by atoms with van der Waals surface area (Å²) >= 11 is 0. The van der Waals surface area contributed by atoms with E-state index in [2.05, 4.69) is 10.4 Å². The summed E-state index contributed by atoms with van der Waals surface area (Å²) < 4.78 is 6.68. The molecule has 0 fully saturated rings. The Labute approximate surface area is 90.1 Å². The van der Waals surface area contributed by atoms with Gasteiger partial charge in [0.2, 0.25) is 0 Å². The van der Waals surface area contributed by atoms with Gasteiger partial charge in [-0.2, -0.15) is 5.10 Å². The van der Waals surface area contributed by atoms with Crippen molar-refractivity contribution in [3.63, 3.8) is 0 Å². The molecule has 1 aromatic rings. The molecule has 0 spiro atoms. The Morgan fingerprint density at radius 2 is 2.47 bits per heavy atom. The summed E-state index contributed by atoms with van der Waals surface area (Å²) in [5.74, 6) is 0. The molecule has 86 valence electrons. The molecule has 5 heteroatoms. The fourth-order valence-corrected chi connectivity index (χ4v) is 1.38. The molecule has 1 atom stereocenters. The molecule has 1 aromatic heterocycles. The Hall–Kier alpha value is -0.910. The van der Waals surface area contributed by atoms with Crippen LogP contribution in [0.2, 0.25) is 0 Å². The minimum absolute atomic E-state index is 0.374. The molecule has 0 bridgehead atoms. The number of nitrogens with zero attached hydrogens (tertiary/aromatic N) is 2. The number of hydrogen-bond acceptors (Lipinski definition) is 4. The number of aryl methyl sites for hydroxylation is 1. The smallest absolute Gasteiger partial charge is 0.0897 e. The first kappa shape index (κ1) is 12.2. The lowest BCUT2D eigenvalue weighted by Gasteiger charge is -2.10. The van der Waals surface area contributed by atoms with Crippen molar-refractivity contribution < 1.29 is 9.84 Å². The molecular weight excluding hydrogens is 194 g/mol. The largest absolute Gasteiger partial charge is 0.389 e. The van der Waals surface area contributed by atoms with Crippen LogP contribution in [0.4, 0.5) is 0 Å². The van der Waals surface area contributed by atoms with E-state index in [0.717, 1.165) is 13.0 Å². The van der Waals surface area contributed by atoms with E-state index in [9.17, 15) is 5.11 Å². The van der Waals surface area contributed by atoms with Gasteiger partial charge in [-0.25, -0.2) is 0 Å². The standard InChI is InChI=1S/C10H19N3O2/c1-13-9(4-6-12-13)3-5-11-7-10(14)8-15-2/h4,6,10-11,14H,3,5,7-8H2,1-2H3. The average Bonchev–Trinajstić information content (AvgIpc) is 2.60. The van der Waals surface area contributed by atoms with Crippen LogP contribution in [0.5, 0.6) is 0 Å². The number of aromatic nitrogens is 2. The maximum atomic E-state index is 9.36. The molecule has 1 rings (SSSR count). The highest BCUT2D eigenvalue weighted by Crippen LogP contribution is 1.95. The van der Waals surface area contributed by atoms with Gasteiger partial charge in [0.05, 0.1) is 12.7 Å². The van der Waals surface area contributed by atoms with E-state index in [4.69, 9.17) is 4.74 Å². The molecule has 0 aromatic carbocycles. The first-order chi connectivity index (χ1) is 7.24. The van der Waals surface area contributed by atoms with Crippen LogP contribution in [0, 0.1) is 0 Å². The van der Waals surface area contributed by atoms with Crippen molar-refractivity contribution in [3.8, 4) is 0 Å². The molecule has 1 unspecified atom stereocenters. The summed E-state index contributed by atoms with van der Waals surface area (Å²) in [5, 5.41) is 16.6. The monoisotopic (exact) mass is 213 g/mol. The number of rotatable bonds is 7. The summed E-state index contributed by atoms with van der Waals surface area (Å²) in [4.78, 5) is 0. The van der Waals surface area contributed by atoms with Gasteiger partial charge in [-0.1, -0.05) is 0 Å². The number of nitrogens with one attached hydrogen (secondary N) is 1. The quantitative estimate of drug-likeness (QED) is 0.603. The fourth-order valence-electron chi connectivity index (χ4n) is 1.38. The van der Waals surface area contributed by atoms with Crippen LogP contribution < -0.4 is 5.32 Å². The van der Waals surface area contributed by atoms with Crippen molar-refractivity contribution in [2.45, 2.75) is 12.5 Å². The highest BCUT2D eigenvalue weighted by atomic mass is 16.5. The molecule has 0 aliphatic rings. The minimum atomic E-state index is -0.429. The van der Waals surface area contributed by atoms with Crippen molar-refractivity contribution in [3.05, 3.63) is 18.0 Å². The maximum absolute atomic E-state index is 9.36. The number of hydrogen-bond donors (Lipinski definition) is 2. The van der Waals surface area contributed by atoms with E-state index in [1.54, 1.807) is 13.3 Å². The Morgan fingerprint density at radius 3 is 3.07 bits per heavy atom. The lowest BCUT2D eigenvalue weighted by Crippen LogP contribution is -2.31. The van der Waals surface area contributed by atoms with Crippen molar-refractivity contribution in [2.24, 2.45) is 7.05 Å². The summed E-state index contributed by atoms with van der Waals surface area (Å²) in [6, 6.07) is 1.99. The van der Waals surface area contributed by atoms with Crippen molar-refractivity contribution in [1.29, 1.82) is 0 Å². The van der Waals surface area contributed by atoms with Gasteiger partial charge in [-0.05, 0) is 6.07 Å². The van der Waals surface area contributed by atoms with E-state index in [-0.39, 0.29) is 0 Å². The molecular formula is C10H19N3O2. The Kier molecular flexibility index (Phi) is 5.31. The Morgan fingerprint density at radius 1 is 1.67 bits per heavy atom. The van der Waals surface area contributed by atoms with E-state index < -0.39 is 6.10 Å². The topological polar surface area (TPSA) is 59.3 Å². The number of ether oxygens (including phenoxy) is 1. The highest BCUT2D eigenvalue weighted by Gasteiger charge is 2.02. The third-order valence-electron chi connectivity index (χ3n) is 2.22. The second-order valence-corrected chi connectivity index (χ2v) is 3.51. The van der Waals surface area contributed by atoms with Crippen LogP contribution in [0.15, 0.2) is 12.3 Å². The summed E-state index contributed by atoms with van der Waals surface area (Å²) in [6.45, 7) is 1.77. The maximum Gasteiger partial charge on any atom is 0.0897 e. The second-order valence-electron chi connectivity index (χ2n) is 3.51. The second kappa shape index (κ2) is 6.55. The number of aliphatic hydroxyl groups excluding tert-OH is 1. The number of aliphatic hydroxyl groups is 1. The molecule has 0 saturated heterocycles. The fraction of sp³-hybridized carbons (Fsp3) is 0.700. The number of methoxy groups -OCH3 is 1. The lowest BCUT2D eigenvalue weighted by atomic mass is 10.3. The SMILES string of the molecule is COCC(O)CNCCc1ccnn1C. The first-order valence-electron chi connectivity index (χ1n) is 5.08. The average molecular weight is 213 g/mol. The Bertz CT molecular complexity index is 275. The summed E-state index contributed by atoms with van der Waals surface area (Å²) in [5.41, 5.74) is 1.18. The zero-order chi connectivity index (χ0) is 11.1. The first-order valence-corrected chi connectivity index (χ1v) is 5.08. The zero-order valence-electron chi connectivity index (χ0n) is 9.31. The van der Waals surface area contributed by atoms with E-state index in [1.807, 2.05) is 17.8 Å². The molecule has 2 N–H and O–H groups in total. The molecule has 0 aliphatic carbocycles. The van der Waals surface area contributed by atoms with Gasteiger partial charge in [0, 0.05) is 45.6 Å². The molecule has 1 heterocycles. The van der Waals surface area contributed by atoms with E-state index >= 15 is 0 Å². The van der Waals surface area contributed by atoms with Crippen LogP contribution in [-0.4, -0.2) is 47.8 Å². The molecule has 15 heavy (non-hydrogen) atoms. The van der Waals surface area contributed by atoms with Gasteiger partial charge in [0.1, 0.15) is 0 Å². The van der Waals surface area contributed by atoms with Crippen LogP contribution in [0.1, 0.15) is 5.69 Å². The third-order valence-corrected chi connectivity index (χ3v) is 2.22. The summed E-state index contributed by atoms with van der Waals surface area (Å²) in [7, 11) is 3.51. The van der Waals surface area contributed by atoms with Crippen LogP contribution in [0.3, 0.4) is 0 Å². The highest BCUT2D eigenvalue weighted by molar-refractivity contribution is 5.00. The van der Waals surface area contributed by atoms with Gasteiger partial charge >= 0.3 is 0 Å². The van der Waals surface area contributed by atoms with Crippen LogP contribution in [-0.2, 0) is 18.2 Å². The van der Waals surface area contributed by atoms with Crippen LogP contribution in [0.25, 0.3) is 0 Å². The van der Waals surface area contributed by atoms with Crippen LogP contribution >= 0.6 is 0 Å². The van der Waals surface area contributed by atoms with Crippen molar-refractivity contribution >= 4 is 0 Å². The molecule has 5 nitrogen and oxygen atoms in total. The van der Waals surface area contributed by atoms with Gasteiger partial charge in [0.15, 0.2) is 0 Å². The molecule has 0 aliphatic heterocycles. The predicted molar refractivity (Wildman–Crippen MR) is 57.7 cm³/mol. The van der Waals surface area contributed by atoms with Gasteiger partial charge in [0.25, 0.3) is 0 Å². The molecule has 0 saturated carbocycles. The van der Waals surface area contributed by atoms with Gasteiger partial charge < -0.3 is 15.2 Å². The molecule has 0 amide bonds. The van der Waals surface area contributed by atoms with E-state index in [1.165, 1.54) is 5.69 Å². The lowest BCUT2D eigenvalue weighted by molar-refractivity contribution is 0.0647. The van der Waals surface area contributed by atoms with E-state index in [0.29, 0.717) is 13.2 Å². The minimum Gasteiger partial charge on any atom is -0.389 e. The van der Waals surface area contributed by atoms with Gasteiger partial charge in [-0.15, -0.1) is 0 Å². The van der Waals surface area contributed by atoms with Gasteiger partial charge in [-0.3, -0.25) is 4.68 Å².